The standard InChI is InChI=1S/C16H18FNS/c1-3-15(18-2)14-9-4-5-10-16(14)19-13-8-6-7-12(17)11-13/h4-11,15,18H,3H2,1-2H3. The molecule has 100 valence electrons. The van der Waals surface area contributed by atoms with Crippen LogP contribution >= 0.6 is 11.8 Å². The normalized spacial score (nSPS) is 12.4. The van der Waals surface area contributed by atoms with Gasteiger partial charge in [-0.15, -0.1) is 0 Å². The van der Waals surface area contributed by atoms with Crippen molar-refractivity contribution < 1.29 is 4.39 Å². The van der Waals surface area contributed by atoms with Crippen LogP contribution in [0.15, 0.2) is 58.3 Å². The maximum Gasteiger partial charge on any atom is 0.124 e. The van der Waals surface area contributed by atoms with Crippen LogP contribution in [0, 0.1) is 5.82 Å². The van der Waals surface area contributed by atoms with Gasteiger partial charge in [0, 0.05) is 15.8 Å². The minimum atomic E-state index is -0.192. The largest absolute Gasteiger partial charge is 0.313 e. The minimum Gasteiger partial charge on any atom is -0.313 e. The van der Waals surface area contributed by atoms with E-state index in [2.05, 4.69) is 24.4 Å². The van der Waals surface area contributed by atoms with Crippen LogP contribution in [0.25, 0.3) is 0 Å². The van der Waals surface area contributed by atoms with Crippen molar-refractivity contribution in [2.24, 2.45) is 0 Å². The van der Waals surface area contributed by atoms with Crippen molar-refractivity contribution in [1.82, 2.24) is 5.32 Å². The Morgan fingerprint density at radius 3 is 2.63 bits per heavy atom. The Morgan fingerprint density at radius 1 is 1.16 bits per heavy atom. The third-order valence-corrected chi connectivity index (χ3v) is 4.16. The van der Waals surface area contributed by atoms with Crippen LogP contribution < -0.4 is 5.32 Å². The number of hydrogen-bond donors (Lipinski definition) is 1. The molecule has 0 radical (unpaired) electrons. The third kappa shape index (κ3) is 3.58. The molecule has 0 aliphatic heterocycles. The molecule has 0 bridgehead atoms. The lowest BCUT2D eigenvalue weighted by Gasteiger charge is -2.18. The topological polar surface area (TPSA) is 12.0 Å². The highest BCUT2D eigenvalue weighted by Crippen LogP contribution is 2.34. The van der Waals surface area contributed by atoms with Gasteiger partial charge < -0.3 is 5.32 Å². The van der Waals surface area contributed by atoms with E-state index in [4.69, 9.17) is 0 Å². The third-order valence-electron chi connectivity index (χ3n) is 3.08. The fourth-order valence-electron chi connectivity index (χ4n) is 2.10. The van der Waals surface area contributed by atoms with Gasteiger partial charge in [-0.3, -0.25) is 0 Å². The summed E-state index contributed by atoms with van der Waals surface area (Å²) in [6.45, 7) is 2.16. The maximum absolute atomic E-state index is 13.2. The van der Waals surface area contributed by atoms with Crippen molar-refractivity contribution in [3.63, 3.8) is 0 Å². The maximum atomic E-state index is 13.2. The lowest BCUT2D eigenvalue weighted by molar-refractivity contribution is 0.568. The van der Waals surface area contributed by atoms with Gasteiger partial charge in [-0.05, 0) is 43.3 Å². The molecule has 0 amide bonds. The predicted octanol–water partition coefficient (Wildman–Crippen LogP) is 4.65. The summed E-state index contributed by atoms with van der Waals surface area (Å²) in [5, 5.41) is 3.32. The van der Waals surface area contributed by atoms with Crippen LogP contribution in [-0.2, 0) is 0 Å². The highest BCUT2D eigenvalue weighted by atomic mass is 32.2. The quantitative estimate of drug-likeness (QED) is 0.852. The first-order valence-electron chi connectivity index (χ1n) is 6.44. The molecule has 0 aromatic heterocycles. The van der Waals surface area contributed by atoms with Gasteiger partial charge in [0.05, 0.1) is 0 Å². The van der Waals surface area contributed by atoms with Gasteiger partial charge in [-0.1, -0.05) is 43.0 Å². The molecule has 1 unspecified atom stereocenters. The molecule has 0 spiro atoms. The summed E-state index contributed by atoms with van der Waals surface area (Å²) in [6, 6.07) is 15.3. The summed E-state index contributed by atoms with van der Waals surface area (Å²) in [4.78, 5) is 2.10. The van der Waals surface area contributed by atoms with Crippen LogP contribution in [0.3, 0.4) is 0 Å². The Kier molecular flexibility index (Phi) is 5.00. The molecule has 1 atom stereocenters. The smallest absolute Gasteiger partial charge is 0.124 e. The van der Waals surface area contributed by atoms with Crippen molar-refractivity contribution >= 4 is 11.8 Å². The average Bonchev–Trinajstić information content (AvgIpc) is 2.42. The van der Waals surface area contributed by atoms with Crippen LogP contribution in [0.5, 0.6) is 0 Å². The van der Waals surface area contributed by atoms with Gasteiger partial charge >= 0.3 is 0 Å². The molecule has 0 saturated carbocycles. The van der Waals surface area contributed by atoms with E-state index in [0.29, 0.717) is 6.04 Å². The number of nitrogens with one attached hydrogen (secondary N) is 1. The molecule has 0 aliphatic carbocycles. The Balaban J connectivity index is 2.30. The average molecular weight is 275 g/mol. The van der Waals surface area contributed by atoms with E-state index in [0.717, 1.165) is 11.3 Å². The van der Waals surface area contributed by atoms with Crippen LogP contribution in [0.1, 0.15) is 24.9 Å². The fraction of sp³-hybridized carbons (Fsp3) is 0.250. The summed E-state index contributed by atoms with van der Waals surface area (Å²) in [6.07, 6.45) is 1.03. The SMILES string of the molecule is CCC(NC)c1ccccc1Sc1cccc(F)c1. The van der Waals surface area contributed by atoms with E-state index in [1.54, 1.807) is 23.9 Å². The molecule has 1 nitrogen and oxygen atoms in total. The lowest BCUT2D eigenvalue weighted by Crippen LogP contribution is -2.15. The highest BCUT2D eigenvalue weighted by Gasteiger charge is 2.12. The fourth-order valence-corrected chi connectivity index (χ4v) is 3.15. The lowest BCUT2D eigenvalue weighted by atomic mass is 10.1. The van der Waals surface area contributed by atoms with Gasteiger partial charge in [0.1, 0.15) is 5.82 Å². The van der Waals surface area contributed by atoms with Crippen molar-refractivity contribution in [2.45, 2.75) is 29.2 Å². The van der Waals surface area contributed by atoms with E-state index in [-0.39, 0.29) is 5.82 Å². The molecule has 1 N–H and O–H groups in total. The molecule has 3 heteroatoms. The molecular formula is C16H18FNS. The Hall–Kier alpha value is -1.32. The number of rotatable bonds is 5. The Labute approximate surface area is 118 Å². The van der Waals surface area contributed by atoms with Crippen LogP contribution in [-0.4, -0.2) is 7.05 Å². The second kappa shape index (κ2) is 6.73. The second-order valence-corrected chi connectivity index (χ2v) is 5.46. The van der Waals surface area contributed by atoms with Crippen molar-refractivity contribution in [3.05, 3.63) is 59.9 Å². The van der Waals surface area contributed by atoms with Gasteiger partial charge in [-0.25, -0.2) is 4.39 Å². The van der Waals surface area contributed by atoms with Crippen LogP contribution in [0.2, 0.25) is 0 Å². The first-order valence-corrected chi connectivity index (χ1v) is 7.26. The zero-order valence-corrected chi connectivity index (χ0v) is 12.0. The molecule has 2 aromatic rings. The van der Waals surface area contributed by atoms with Gasteiger partial charge in [0.15, 0.2) is 0 Å². The summed E-state index contributed by atoms with van der Waals surface area (Å²) in [7, 11) is 1.97. The Bertz CT molecular complexity index is 538. The molecule has 0 fully saturated rings. The molecule has 2 rings (SSSR count). The van der Waals surface area contributed by atoms with Crippen molar-refractivity contribution in [1.29, 1.82) is 0 Å². The number of hydrogen-bond acceptors (Lipinski definition) is 2. The molecule has 19 heavy (non-hydrogen) atoms. The molecular weight excluding hydrogens is 257 g/mol. The number of benzene rings is 2. The molecule has 2 aromatic carbocycles. The van der Waals surface area contributed by atoms with Crippen molar-refractivity contribution in [2.75, 3.05) is 7.05 Å². The van der Waals surface area contributed by atoms with E-state index < -0.39 is 0 Å². The Morgan fingerprint density at radius 2 is 1.95 bits per heavy atom. The first-order chi connectivity index (χ1) is 9.24. The molecule has 0 saturated heterocycles. The molecule has 0 heterocycles. The summed E-state index contributed by atoms with van der Waals surface area (Å²) in [5.74, 6) is -0.192. The summed E-state index contributed by atoms with van der Waals surface area (Å²) >= 11 is 1.61. The monoisotopic (exact) mass is 275 g/mol. The highest BCUT2D eigenvalue weighted by molar-refractivity contribution is 7.99. The second-order valence-electron chi connectivity index (χ2n) is 4.35. The van der Waals surface area contributed by atoms with E-state index in [1.807, 2.05) is 25.2 Å². The summed E-state index contributed by atoms with van der Waals surface area (Å²) < 4.78 is 13.2. The minimum absolute atomic E-state index is 0.192. The van der Waals surface area contributed by atoms with E-state index in [9.17, 15) is 4.39 Å². The zero-order chi connectivity index (χ0) is 13.7. The predicted molar refractivity (Wildman–Crippen MR) is 79.1 cm³/mol. The van der Waals surface area contributed by atoms with Gasteiger partial charge in [0.25, 0.3) is 0 Å². The van der Waals surface area contributed by atoms with Crippen molar-refractivity contribution in [3.8, 4) is 0 Å². The first kappa shape index (κ1) is 14.1. The van der Waals surface area contributed by atoms with Crippen LogP contribution in [0.4, 0.5) is 4.39 Å². The van der Waals surface area contributed by atoms with E-state index in [1.165, 1.54) is 16.5 Å². The zero-order valence-electron chi connectivity index (χ0n) is 11.2. The van der Waals surface area contributed by atoms with E-state index >= 15 is 0 Å². The molecule has 0 aliphatic rings. The summed E-state index contributed by atoms with van der Waals surface area (Å²) in [5.41, 5.74) is 1.27. The van der Waals surface area contributed by atoms with Gasteiger partial charge in [0.2, 0.25) is 0 Å². The number of halogens is 1. The van der Waals surface area contributed by atoms with Gasteiger partial charge in [-0.2, -0.15) is 0 Å².